The van der Waals surface area contributed by atoms with Gasteiger partial charge in [-0.15, -0.1) is 0 Å². The summed E-state index contributed by atoms with van der Waals surface area (Å²) in [4.78, 5) is 8.46. The van der Waals surface area contributed by atoms with Crippen LogP contribution in [-0.2, 0) is 0 Å². The maximum Gasteiger partial charge on any atom is 0.141 e. The normalized spacial score (nSPS) is 25.4. The smallest absolute Gasteiger partial charge is 0.141 e. The standard InChI is InChI=1S/C10H11N3/c1-10(11)7-12-9-5-3-2-4-8(9)6-13-10/h2-7H,11H2,1H3. The molecule has 3 nitrogen and oxygen atoms in total. The number of nitrogens with zero attached hydrogens (tertiary/aromatic N) is 2. The Morgan fingerprint density at radius 2 is 2.08 bits per heavy atom. The highest BCUT2D eigenvalue weighted by Gasteiger charge is 2.14. The lowest BCUT2D eigenvalue weighted by Crippen LogP contribution is -2.35. The molecule has 2 N–H and O–H groups in total. The van der Waals surface area contributed by atoms with Crippen molar-refractivity contribution in [2.45, 2.75) is 12.6 Å². The Labute approximate surface area is 77.0 Å². The van der Waals surface area contributed by atoms with Gasteiger partial charge in [0.2, 0.25) is 0 Å². The van der Waals surface area contributed by atoms with Crippen LogP contribution in [0.15, 0.2) is 34.3 Å². The minimum Gasteiger partial charge on any atom is -0.303 e. The third-order valence-electron chi connectivity index (χ3n) is 1.88. The van der Waals surface area contributed by atoms with Gasteiger partial charge in [0.1, 0.15) is 5.66 Å². The predicted octanol–water partition coefficient (Wildman–Crippen LogP) is 1.50. The van der Waals surface area contributed by atoms with Gasteiger partial charge in [-0.25, -0.2) is 0 Å². The second-order valence-corrected chi connectivity index (χ2v) is 3.30. The zero-order chi connectivity index (χ0) is 9.31. The lowest BCUT2D eigenvalue weighted by Gasteiger charge is -2.10. The highest BCUT2D eigenvalue weighted by Crippen LogP contribution is 2.19. The lowest BCUT2D eigenvalue weighted by molar-refractivity contribution is 0.683. The second-order valence-electron chi connectivity index (χ2n) is 3.30. The summed E-state index contributed by atoms with van der Waals surface area (Å²) in [5.41, 5.74) is 7.05. The van der Waals surface area contributed by atoms with E-state index in [0.717, 1.165) is 11.3 Å². The van der Waals surface area contributed by atoms with E-state index in [4.69, 9.17) is 5.73 Å². The number of fused-ring (bicyclic) bond motifs is 1. The molecular weight excluding hydrogens is 162 g/mol. The summed E-state index contributed by atoms with van der Waals surface area (Å²) < 4.78 is 0. The number of rotatable bonds is 0. The van der Waals surface area contributed by atoms with Gasteiger partial charge in [0.25, 0.3) is 0 Å². The van der Waals surface area contributed by atoms with Gasteiger partial charge in [-0.3, -0.25) is 9.98 Å². The number of hydrogen-bond donors (Lipinski definition) is 1. The van der Waals surface area contributed by atoms with Gasteiger partial charge in [0.15, 0.2) is 0 Å². The molecule has 1 aromatic rings. The molecule has 0 radical (unpaired) electrons. The van der Waals surface area contributed by atoms with E-state index in [1.54, 1.807) is 12.4 Å². The molecule has 1 heterocycles. The molecule has 0 aromatic heterocycles. The van der Waals surface area contributed by atoms with E-state index in [0.29, 0.717) is 0 Å². The number of nitrogens with two attached hydrogens (primary N) is 1. The van der Waals surface area contributed by atoms with Crippen LogP contribution in [0, 0.1) is 0 Å². The van der Waals surface area contributed by atoms with Gasteiger partial charge < -0.3 is 5.73 Å². The zero-order valence-electron chi connectivity index (χ0n) is 7.44. The van der Waals surface area contributed by atoms with Crippen LogP contribution in [0.1, 0.15) is 12.5 Å². The van der Waals surface area contributed by atoms with Crippen LogP contribution in [0.4, 0.5) is 5.69 Å². The first kappa shape index (κ1) is 8.13. The fraction of sp³-hybridized carbons (Fsp3) is 0.200. The van der Waals surface area contributed by atoms with Gasteiger partial charge in [0.05, 0.1) is 5.69 Å². The maximum absolute atomic E-state index is 5.81. The van der Waals surface area contributed by atoms with E-state index in [1.165, 1.54) is 0 Å². The molecule has 0 amide bonds. The third-order valence-corrected chi connectivity index (χ3v) is 1.88. The highest BCUT2D eigenvalue weighted by atomic mass is 15.0. The van der Waals surface area contributed by atoms with Gasteiger partial charge in [0, 0.05) is 18.0 Å². The molecule has 3 heteroatoms. The first-order valence-electron chi connectivity index (χ1n) is 4.16. The molecule has 0 saturated heterocycles. The van der Waals surface area contributed by atoms with E-state index in [9.17, 15) is 0 Å². The van der Waals surface area contributed by atoms with E-state index >= 15 is 0 Å². The Morgan fingerprint density at radius 3 is 2.92 bits per heavy atom. The molecule has 0 spiro atoms. The minimum atomic E-state index is -0.682. The summed E-state index contributed by atoms with van der Waals surface area (Å²) in [6.45, 7) is 1.82. The van der Waals surface area contributed by atoms with Crippen LogP contribution < -0.4 is 5.73 Å². The van der Waals surface area contributed by atoms with Crippen LogP contribution >= 0.6 is 0 Å². The van der Waals surface area contributed by atoms with Crippen molar-refractivity contribution in [1.82, 2.24) is 0 Å². The number of para-hydroxylation sites is 1. The molecule has 1 aliphatic rings. The molecule has 2 rings (SSSR count). The van der Waals surface area contributed by atoms with Gasteiger partial charge >= 0.3 is 0 Å². The van der Waals surface area contributed by atoms with Crippen molar-refractivity contribution in [3.63, 3.8) is 0 Å². The highest BCUT2D eigenvalue weighted by molar-refractivity contribution is 5.92. The summed E-state index contributed by atoms with van der Waals surface area (Å²) >= 11 is 0. The number of benzene rings is 1. The van der Waals surface area contributed by atoms with Crippen molar-refractivity contribution in [2.75, 3.05) is 0 Å². The van der Waals surface area contributed by atoms with Crippen molar-refractivity contribution in [2.24, 2.45) is 15.7 Å². The fourth-order valence-electron chi connectivity index (χ4n) is 1.16. The van der Waals surface area contributed by atoms with Crippen molar-refractivity contribution >= 4 is 18.1 Å². The molecule has 1 atom stereocenters. The molecule has 1 unspecified atom stereocenters. The van der Waals surface area contributed by atoms with Gasteiger partial charge in [-0.1, -0.05) is 18.2 Å². The number of hydrogen-bond acceptors (Lipinski definition) is 3. The first-order valence-corrected chi connectivity index (χ1v) is 4.16. The third kappa shape index (κ3) is 1.65. The summed E-state index contributed by atoms with van der Waals surface area (Å²) in [7, 11) is 0. The maximum atomic E-state index is 5.81. The molecule has 13 heavy (non-hydrogen) atoms. The second kappa shape index (κ2) is 2.78. The minimum absolute atomic E-state index is 0.682. The Kier molecular flexibility index (Phi) is 1.74. The largest absolute Gasteiger partial charge is 0.303 e. The molecule has 0 aliphatic carbocycles. The quantitative estimate of drug-likeness (QED) is 0.635. The van der Waals surface area contributed by atoms with Crippen molar-refractivity contribution in [3.05, 3.63) is 29.8 Å². The van der Waals surface area contributed by atoms with E-state index in [1.807, 2.05) is 31.2 Å². The average Bonchev–Trinajstić information content (AvgIpc) is 2.27. The number of aliphatic imine (C=N–C) groups is 2. The molecular formula is C10H11N3. The van der Waals surface area contributed by atoms with Crippen LogP contribution in [0.3, 0.4) is 0 Å². The predicted molar refractivity (Wildman–Crippen MR) is 54.8 cm³/mol. The van der Waals surface area contributed by atoms with E-state index in [-0.39, 0.29) is 0 Å². The first-order chi connectivity index (χ1) is 6.17. The molecule has 0 saturated carbocycles. The monoisotopic (exact) mass is 173 g/mol. The Morgan fingerprint density at radius 1 is 1.31 bits per heavy atom. The topological polar surface area (TPSA) is 50.7 Å². The van der Waals surface area contributed by atoms with E-state index < -0.39 is 5.66 Å². The van der Waals surface area contributed by atoms with Gasteiger partial charge in [-0.2, -0.15) is 0 Å². The molecule has 66 valence electrons. The van der Waals surface area contributed by atoms with E-state index in [2.05, 4.69) is 9.98 Å². The van der Waals surface area contributed by atoms with Crippen molar-refractivity contribution in [3.8, 4) is 0 Å². The Balaban J connectivity index is 2.53. The van der Waals surface area contributed by atoms with Crippen LogP contribution in [0.2, 0.25) is 0 Å². The van der Waals surface area contributed by atoms with Gasteiger partial charge in [-0.05, 0) is 13.0 Å². The average molecular weight is 173 g/mol. The Hall–Kier alpha value is -1.48. The van der Waals surface area contributed by atoms with Crippen molar-refractivity contribution < 1.29 is 0 Å². The summed E-state index contributed by atoms with van der Waals surface area (Å²) in [5, 5.41) is 0. The van der Waals surface area contributed by atoms with Crippen LogP contribution in [0.25, 0.3) is 0 Å². The molecule has 0 bridgehead atoms. The molecule has 0 fully saturated rings. The van der Waals surface area contributed by atoms with Crippen molar-refractivity contribution in [1.29, 1.82) is 0 Å². The SMILES string of the molecule is CC1(N)C=Nc2ccccc2C=N1. The summed E-state index contributed by atoms with van der Waals surface area (Å²) in [5.74, 6) is 0. The summed E-state index contributed by atoms with van der Waals surface area (Å²) in [6, 6.07) is 7.82. The molecule has 1 aliphatic heterocycles. The van der Waals surface area contributed by atoms with Crippen LogP contribution in [-0.4, -0.2) is 18.1 Å². The zero-order valence-corrected chi connectivity index (χ0v) is 7.44. The molecule has 1 aromatic carbocycles. The Bertz CT molecular complexity index is 343. The summed E-state index contributed by atoms with van der Waals surface area (Å²) in [6.07, 6.45) is 3.43. The lowest BCUT2D eigenvalue weighted by atomic mass is 10.2. The van der Waals surface area contributed by atoms with Crippen LogP contribution in [0.5, 0.6) is 0 Å². The fourth-order valence-corrected chi connectivity index (χ4v) is 1.16.